The molecule has 0 bridgehead atoms. The highest BCUT2D eigenvalue weighted by Gasteiger charge is 2.15. The van der Waals surface area contributed by atoms with Crippen LogP contribution in [0.25, 0.3) is 0 Å². The van der Waals surface area contributed by atoms with Gasteiger partial charge in [-0.15, -0.1) is 0 Å². The molecule has 11 heteroatoms. The first-order valence-electron chi connectivity index (χ1n) is 6.89. The second-order valence-electron chi connectivity index (χ2n) is 5.02. The van der Waals surface area contributed by atoms with Crippen molar-refractivity contribution in [3.8, 4) is 0 Å². The van der Waals surface area contributed by atoms with Gasteiger partial charge in [0.05, 0.1) is 17.3 Å². The minimum atomic E-state index is -1.45. The average Bonchev–Trinajstić information content (AvgIpc) is 2.97. The number of nitrogens with one attached hydrogen (secondary N) is 2. The van der Waals surface area contributed by atoms with E-state index < -0.39 is 17.0 Å². The van der Waals surface area contributed by atoms with Crippen molar-refractivity contribution in [3.63, 3.8) is 0 Å². The maximum atomic E-state index is 13.1. The molecule has 1 aromatic carbocycles. The van der Waals surface area contributed by atoms with Gasteiger partial charge in [0.2, 0.25) is 0 Å². The molecule has 0 aliphatic heterocycles. The molecule has 1 aromatic heterocycles. The SMILES string of the molecule is CC(C)NS(=O)NCc1nonc1C(N)=Nc1ccc(F)c(Cl)c1. The van der Waals surface area contributed by atoms with Gasteiger partial charge in [0, 0.05) is 6.04 Å². The number of nitrogens with zero attached hydrogens (tertiary/aromatic N) is 3. The van der Waals surface area contributed by atoms with Crippen molar-refractivity contribution in [1.82, 2.24) is 19.8 Å². The molecule has 2 rings (SSSR count). The van der Waals surface area contributed by atoms with Crippen LogP contribution in [0.4, 0.5) is 10.1 Å². The predicted octanol–water partition coefficient (Wildman–Crippen LogP) is 1.57. The van der Waals surface area contributed by atoms with Crippen molar-refractivity contribution in [2.24, 2.45) is 10.7 Å². The Morgan fingerprint density at radius 1 is 1.50 bits per heavy atom. The molecule has 4 N–H and O–H groups in total. The van der Waals surface area contributed by atoms with Crippen LogP contribution < -0.4 is 15.2 Å². The highest BCUT2D eigenvalue weighted by Crippen LogP contribution is 2.22. The molecule has 8 nitrogen and oxygen atoms in total. The second-order valence-corrected chi connectivity index (χ2v) is 6.49. The van der Waals surface area contributed by atoms with Crippen molar-refractivity contribution < 1.29 is 13.2 Å². The fraction of sp³-hybridized carbons (Fsp3) is 0.308. The van der Waals surface area contributed by atoms with Crippen LogP contribution in [0.2, 0.25) is 5.02 Å². The van der Waals surface area contributed by atoms with Crippen molar-refractivity contribution >= 4 is 34.3 Å². The Balaban J connectivity index is 2.12. The van der Waals surface area contributed by atoms with Crippen molar-refractivity contribution in [2.75, 3.05) is 0 Å². The van der Waals surface area contributed by atoms with Gasteiger partial charge in [-0.1, -0.05) is 16.8 Å². The first-order valence-corrected chi connectivity index (χ1v) is 8.42. The molecule has 1 heterocycles. The highest BCUT2D eigenvalue weighted by molar-refractivity contribution is 7.81. The predicted molar refractivity (Wildman–Crippen MR) is 89.3 cm³/mol. The minimum absolute atomic E-state index is 0.0123. The normalized spacial score (nSPS) is 13.5. The van der Waals surface area contributed by atoms with E-state index in [0.29, 0.717) is 11.4 Å². The van der Waals surface area contributed by atoms with E-state index >= 15 is 0 Å². The molecular weight excluding hydrogens is 359 g/mol. The van der Waals surface area contributed by atoms with Crippen molar-refractivity contribution in [2.45, 2.75) is 26.4 Å². The van der Waals surface area contributed by atoms with Crippen LogP contribution >= 0.6 is 11.6 Å². The molecule has 0 fully saturated rings. The largest absolute Gasteiger partial charge is 0.382 e. The number of hydrogen-bond acceptors (Lipinski definition) is 5. The van der Waals surface area contributed by atoms with E-state index in [1.165, 1.54) is 18.2 Å². The number of rotatable bonds is 7. The maximum absolute atomic E-state index is 13.1. The van der Waals surface area contributed by atoms with Crippen LogP contribution in [-0.2, 0) is 17.7 Å². The van der Waals surface area contributed by atoms with Crippen molar-refractivity contribution in [1.29, 1.82) is 0 Å². The molecule has 130 valence electrons. The topological polar surface area (TPSA) is 118 Å². The molecule has 2 aromatic rings. The van der Waals surface area contributed by atoms with Gasteiger partial charge in [-0.25, -0.2) is 27.7 Å². The summed E-state index contributed by atoms with van der Waals surface area (Å²) in [5.74, 6) is -0.541. The number of halogens is 2. The Morgan fingerprint density at radius 3 is 2.92 bits per heavy atom. The fourth-order valence-corrected chi connectivity index (χ4v) is 2.61. The van der Waals surface area contributed by atoms with E-state index in [1.807, 2.05) is 13.8 Å². The van der Waals surface area contributed by atoms with Gasteiger partial charge in [0.1, 0.15) is 11.5 Å². The van der Waals surface area contributed by atoms with E-state index in [4.69, 9.17) is 17.3 Å². The van der Waals surface area contributed by atoms with E-state index in [9.17, 15) is 8.60 Å². The summed E-state index contributed by atoms with van der Waals surface area (Å²) in [6.45, 7) is 3.83. The highest BCUT2D eigenvalue weighted by atomic mass is 35.5. The summed E-state index contributed by atoms with van der Waals surface area (Å²) >= 11 is 4.25. The zero-order valence-electron chi connectivity index (χ0n) is 12.9. The summed E-state index contributed by atoms with van der Waals surface area (Å²) in [5.41, 5.74) is 6.77. The van der Waals surface area contributed by atoms with E-state index in [2.05, 4.69) is 29.4 Å². The lowest BCUT2D eigenvalue weighted by Gasteiger charge is -2.07. The average molecular weight is 375 g/mol. The van der Waals surface area contributed by atoms with Gasteiger partial charge in [-0.2, -0.15) is 0 Å². The molecule has 0 aliphatic carbocycles. The standard InChI is InChI=1S/C13H16ClFN6O2S/c1-7(2)21-24(22)17-6-11-12(20-23-19-11)13(16)18-8-3-4-10(15)9(14)5-8/h3-5,7,17,21H,6H2,1-2H3,(H2,16,18). The van der Waals surface area contributed by atoms with Gasteiger partial charge < -0.3 is 5.73 Å². The molecule has 1 unspecified atom stereocenters. The summed E-state index contributed by atoms with van der Waals surface area (Å²) in [5, 5.41) is 7.32. The molecule has 0 radical (unpaired) electrons. The van der Waals surface area contributed by atoms with Crippen LogP contribution in [0.15, 0.2) is 27.8 Å². The van der Waals surface area contributed by atoms with Crippen LogP contribution in [0.5, 0.6) is 0 Å². The summed E-state index contributed by atoms with van der Waals surface area (Å²) in [6.07, 6.45) is 0. The summed E-state index contributed by atoms with van der Waals surface area (Å²) in [7, 11) is 0. The van der Waals surface area contributed by atoms with Gasteiger partial charge in [-0.05, 0) is 37.2 Å². The summed E-state index contributed by atoms with van der Waals surface area (Å²) < 4.78 is 35.0. The first kappa shape index (κ1) is 18.5. The molecule has 0 spiro atoms. The Morgan fingerprint density at radius 2 is 2.25 bits per heavy atom. The number of hydrogen-bond donors (Lipinski definition) is 3. The van der Waals surface area contributed by atoms with Crippen LogP contribution in [0.3, 0.4) is 0 Å². The lowest BCUT2D eigenvalue weighted by molar-refractivity contribution is 0.302. The van der Waals surface area contributed by atoms with E-state index in [1.54, 1.807) is 0 Å². The third-order valence-corrected chi connectivity index (χ3v) is 4.05. The summed E-state index contributed by atoms with van der Waals surface area (Å²) in [6, 6.07) is 3.97. The van der Waals surface area contributed by atoms with Crippen LogP contribution in [0.1, 0.15) is 25.2 Å². The second kappa shape index (κ2) is 8.29. The third kappa shape index (κ3) is 5.06. The lowest BCUT2D eigenvalue weighted by atomic mass is 10.3. The fourth-order valence-electron chi connectivity index (χ4n) is 1.65. The lowest BCUT2D eigenvalue weighted by Crippen LogP contribution is -2.34. The molecule has 0 saturated heterocycles. The Kier molecular flexibility index (Phi) is 6.37. The number of benzene rings is 1. The number of aliphatic imine (C=N–C) groups is 1. The number of aromatic nitrogens is 2. The van der Waals surface area contributed by atoms with Crippen LogP contribution in [-0.4, -0.2) is 26.4 Å². The van der Waals surface area contributed by atoms with Gasteiger partial charge in [-0.3, -0.25) is 0 Å². The zero-order chi connectivity index (χ0) is 17.7. The minimum Gasteiger partial charge on any atom is -0.382 e. The molecular formula is C13H16ClFN6O2S. The maximum Gasteiger partial charge on any atom is 0.174 e. The Labute approximate surface area is 145 Å². The Hall–Kier alpha value is -1.88. The molecule has 24 heavy (non-hydrogen) atoms. The van der Waals surface area contributed by atoms with Gasteiger partial charge in [0.15, 0.2) is 22.7 Å². The molecule has 0 saturated carbocycles. The van der Waals surface area contributed by atoms with E-state index in [-0.39, 0.29) is 29.1 Å². The van der Waals surface area contributed by atoms with Crippen molar-refractivity contribution in [3.05, 3.63) is 40.4 Å². The molecule has 0 aliphatic rings. The molecule has 0 amide bonds. The first-order chi connectivity index (χ1) is 11.4. The van der Waals surface area contributed by atoms with Gasteiger partial charge in [0.25, 0.3) is 0 Å². The quantitative estimate of drug-likeness (QED) is 0.502. The third-order valence-electron chi connectivity index (χ3n) is 2.67. The Bertz CT molecular complexity index is 767. The zero-order valence-corrected chi connectivity index (χ0v) is 14.5. The van der Waals surface area contributed by atoms with E-state index in [0.717, 1.165) is 0 Å². The number of nitrogens with two attached hydrogens (primary N) is 1. The smallest absolute Gasteiger partial charge is 0.174 e. The molecule has 1 atom stereocenters. The summed E-state index contributed by atoms with van der Waals surface area (Å²) in [4.78, 5) is 4.10. The van der Waals surface area contributed by atoms with Crippen LogP contribution in [0, 0.1) is 5.82 Å². The number of amidine groups is 1. The monoisotopic (exact) mass is 374 g/mol. The van der Waals surface area contributed by atoms with Gasteiger partial charge >= 0.3 is 0 Å².